The molecule has 0 radical (unpaired) electrons. The van der Waals surface area contributed by atoms with E-state index in [1.165, 1.54) is 34.6 Å². The van der Waals surface area contributed by atoms with E-state index in [4.69, 9.17) is 9.47 Å². The summed E-state index contributed by atoms with van der Waals surface area (Å²) >= 11 is 0. The minimum Gasteiger partial charge on any atom is -0.454 e. The molecule has 1 saturated heterocycles. The highest BCUT2D eigenvalue weighted by Crippen LogP contribution is 2.24. The van der Waals surface area contributed by atoms with Crippen molar-refractivity contribution < 1.29 is 36.2 Å². The first kappa shape index (κ1) is 24.0. The second kappa shape index (κ2) is 10.0. The summed E-state index contributed by atoms with van der Waals surface area (Å²) in [6.07, 6.45) is 0. The van der Waals surface area contributed by atoms with Crippen LogP contribution in [0.3, 0.4) is 0 Å². The van der Waals surface area contributed by atoms with Gasteiger partial charge in [0.05, 0.1) is 34.7 Å². The van der Waals surface area contributed by atoms with E-state index < -0.39 is 22.6 Å². The van der Waals surface area contributed by atoms with Crippen LogP contribution >= 0.6 is 0 Å². The van der Waals surface area contributed by atoms with Crippen molar-refractivity contribution in [3.63, 3.8) is 0 Å². The highest BCUT2D eigenvalue weighted by atomic mass is 32.2. The van der Waals surface area contributed by atoms with Gasteiger partial charge >= 0.3 is 12.6 Å². The third kappa shape index (κ3) is 5.03. The van der Waals surface area contributed by atoms with Crippen molar-refractivity contribution in [1.29, 1.82) is 0 Å². The summed E-state index contributed by atoms with van der Waals surface area (Å²) in [6, 6.07) is 9.89. The molecule has 1 aromatic heterocycles. The van der Waals surface area contributed by atoms with Crippen molar-refractivity contribution in [3.05, 3.63) is 53.9 Å². The van der Waals surface area contributed by atoms with Crippen molar-refractivity contribution >= 4 is 27.0 Å². The Kier molecular flexibility index (Phi) is 7.10. The van der Waals surface area contributed by atoms with Crippen LogP contribution in [0.2, 0.25) is 0 Å². The summed E-state index contributed by atoms with van der Waals surface area (Å²) < 4.78 is 68.5. The number of hydrogen-bond acceptors (Lipinski definition) is 7. The first-order valence-corrected chi connectivity index (χ1v) is 12.0. The van der Waals surface area contributed by atoms with E-state index in [-0.39, 0.29) is 22.8 Å². The number of aromatic nitrogens is 2. The summed E-state index contributed by atoms with van der Waals surface area (Å²) in [6.45, 7) is 0.602. The molecule has 9 nitrogen and oxygen atoms in total. The Labute approximate surface area is 194 Å². The molecule has 4 rings (SSSR count). The van der Waals surface area contributed by atoms with Gasteiger partial charge in [0, 0.05) is 19.6 Å². The van der Waals surface area contributed by atoms with Gasteiger partial charge in [-0.1, -0.05) is 0 Å². The molecule has 0 aliphatic carbocycles. The van der Waals surface area contributed by atoms with Gasteiger partial charge in [0.15, 0.2) is 0 Å². The van der Waals surface area contributed by atoms with E-state index in [9.17, 15) is 22.0 Å². The molecule has 0 atom stereocenters. The normalized spacial score (nSPS) is 15.1. The van der Waals surface area contributed by atoms with Crippen LogP contribution < -0.4 is 4.74 Å². The average molecular weight is 496 g/mol. The highest BCUT2D eigenvalue weighted by Gasteiger charge is 2.27. The van der Waals surface area contributed by atoms with E-state index in [0.29, 0.717) is 49.7 Å². The Morgan fingerprint density at radius 1 is 1.15 bits per heavy atom. The topological polar surface area (TPSA) is 100.0 Å². The quantitative estimate of drug-likeness (QED) is 0.443. The van der Waals surface area contributed by atoms with Crippen LogP contribution in [0.4, 0.5) is 8.78 Å². The minimum absolute atomic E-state index is 0.0674. The fourth-order valence-corrected chi connectivity index (χ4v) is 5.13. The zero-order valence-corrected chi connectivity index (χ0v) is 19.1. The number of ether oxygens (including phenoxy) is 3. The lowest BCUT2D eigenvalue weighted by Crippen LogP contribution is -2.40. The molecule has 34 heavy (non-hydrogen) atoms. The van der Waals surface area contributed by atoms with Gasteiger partial charge in [0.1, 0.15) is 18.2 Å². The molecule has 1 fully saturated rings. The fourth-order valence-electron chi connectivity index (χ4n) is 3.70. The predicted octanol–water partition coefficient (Wildman–Crippen LogP) is 3.04. The second-order valence-corrected chi connectivity index (χ2v) is 9.36. The number of carbonyl (C=O) groups is 1. The molecular formula is C22H23F2N3O6S. The minimum atomic E-state index is -3.68. The number of nitrogens with zero attached hydrogens (tertiary/aromatic N) is 3. The van der Waals surface area contributed by atoms with E-state index >= 15 is 0 Å². The first-order valence-electron chi connectivity index (χ1n) is 10.6. The van der Waals surface area contributed by atoms with E-state index in [2.05, 4.69) is 9.72 Å². The van der Waals surface area contributed by atoms with Crippen LogP contribution in [0.5, 0.6) is 5.75 Å². The van der Waals surface area contributed by atoms with Crippen molar-refractivity contribution in [1.82, 2.24) is 13.9 Å². The summed E-state index contributed by atoms with van der Waals surface area (Å²) in [7, 11) is -3.68. The van der Waals surface area contributed by atoms with Gasteiger partial charge in [-0.3, -0.25) is 0 Å². The number of esters is 1. The Morgan fingerprint density at radius 2 is 1.85 bits per heavy atom. The molecule has 0 spiro atoms. The monoisotopic (exact) mass is 495 g/mol. The van der Waals surface area contributed by atoms with Gasteiger partial charge < -0.3 is 18.8 Å². The predicted molar refractivity (Wildman–Crippen MR) is 117 cm³/mol. The standard InChI is InChI=1S/C22H23F2N3O6S/c1-2-27-19-8-7-17(34(29,30)26-9-11-31-12-10-26)13-18(19)25-20(27)14-32-21(28)15-3-5-16(6-4-15)33-22(23)24/h3-8,13,22H,2,9-12,14H2,1H3. The largest absolute Gasteiger partial charge is 0.454 e. The van der Waals surface area contributed by atoms with Crippen molar-refractivity contribution in [2.24, 2.45) is 0 Å². The number of sulfonamides is 1. The molecule has 0 unspecified atom stereocenters. The highest BCUT2D eigenvalue weighted by molar-refractivity contribution is 7.89. The molecule has 2 heterocycles. The summed E-state index contributed by atoms with van der Waals surface area (Å²) in [4.78, 5) is 17.0. The van der Waals surface area contributed by atoms with Crippen LogP contribution in [0.15, 0.2) is 47.4 Å². The third-order valence-electron chi connectivity index (χ3n) is 5.37. The lowest BCUT2D eigenvalue weighted by molar-refractivity contribution is -0.0498. The van der Waals surface area contributed by atoms with Gasteiger partial charge in [0.2, 0.25) is 10.0 Å². The van der Waals surface area contributed by atoms with Gasteiger partial charge in [0.25, 0.3) is 0 Å². The van der Waals surface area contributed by atoms with Gasteiger partial charge in [-0.05, 0) is 49.4 Å². The van der Waals surface area contributed by atoms with Gasteiger partial charge in [-0.25, -0.2) is 18.2 Å². The maximum Gasteiger partial charge on any atom is 0.387 e. The molecule has 1 aliphatic rings. The molecule has 0 amide bonds. The molecule has 2 aromatic carbocycles. The lowest BCUT2D eigenvalue weighted by Gasteiger charge is -2.26. The van der Waals surface area contributed by atoms with E-state index in [0.717, 1.165) is 0 Å². The number of aryl methyl sites for hydroxylation is 1. The Morgan fingerprint density at radius 3 is 2.50 bits per heavy atom. The third-order valence-corrected chi connectivity index (χ3v) is 7.26. The molecule has 182 valence electrons. The van der Waals surface area contributed by atoms with Crippen LogP contribution in [-0.2, 0) is 32.6 Å². The molecule has 0 saturated carbocycles. The summed E-state index contributed by atoms with van der Waals surface area (Å²) in [5, 5.41) is 0. The van der Waals surface area contributed by atoms with Gasteiger partial charge in [-0.2, -0.15) is 13.1 Å². The second-order valence-electron chi connectivity index (χ2n) is 7.42. The Balaban J connectivity index is 1.52. The number of morpholine rings is 1. The van der Waals surface area contributed by atoms with E-state index in [1.807, 2.05) is 11.5 Å². The van der Waals surface area contributed by atoms with Crippen molar-refractivity contribution in [2.75, 3.05) is 26.3 Å². The fraction of sp³-hybridized carbons (Fsp3) is 0.364. The number of carbonyl (C=O) groups excluding carboxylic acids is 1. The number of hydrogen-bond donors (Lipinski definition) is 0. The SMILES string of the molecule is CCn1c(COC(=O)c2ccc(OC(F)F)cc2)nc2cc(S(=O)(=O)N3CCOCC3)ccc21. The maximum absolute atomic E-state index is 13.0. The van der Waals surface area contributed by atoms with Crippen molar-refractivity contribution in [3.8, 4) is 5.75 Å². The number of benzene rings is 2. The number of rotatable bonds is 8. The zero-order chi connectivity index (χ0) is 24.3. The molecule has 0 bridgehead atoms. The van der Waals surface area contributed by atoms with Crippen LogP contribution in [0.25, 0.3) is 11.0 Å². The molecular weight excluding hydrogens is 472 g/mol. The van der Waals surface area contributed by atoms with Gasteiger partial charge in [-0.15, -0.1) is 0 Å². The van der Waals surface area contributed by atoms with Crippen molar-refractivity contribution in [2.45, 2.75) is 31.6 Å². The van der Waals surface area contributed by atoms with E-state index in [1.54, 1.807) is 12.1 Å². The number of imidazole rings is 1. The Hall–Kier alpha value is -3.09. The molecule has 1 aliphatic heterocycles. The molecule has 3 aromatic rings. The Bertz CT molecular complexity index is 1270. The summed E-state index contributed by atoms with van der Waals surface area (Å²) in [5.74, 6) is -0.277. The van der Waals surface area contributed by atoms with Crippen LogP contribution in [0, 0.1) is 0 Å². The number of halogens is 2. The zero-order valence-electron chi connectivity index (χ0n) is 18.3. The molecule has 0 N–H and O–H groups in total. The van der Waals surface area contributed by atoms with Crippen LogP contribution in [-0.4, -0.2) is 61.2 Å². The lowest BCUT2D eigenvalue weighted by atomic mass is 10.2. The first-order chi connectivity index (χ1) is 16.3. The average Bonchev–Trinajstić information content (AvgIpc) is 3.20. The van der Waals surface area contributed by atoms with Crippen LogP contribution in [0.1, 0.15) is 23.1 Å². The number of fused-ring (bicyclic) bond motifs is 1. The number of alkyl halides is 2. The summed E-state index contributed by atoms with van der Waals surface area (Å²) in [5.41, 5.74) is 1.35. The smallest absolute Gasteiger partial charge is 0.387 e. The maximum atomic E-state index is 13.0. The molecule has 12 heteroatoms.